The van der Waals surface area contributed by atoms with Crippen LogP contribution >= 0.6 is 28.1 Å². The van der Waals surface area contributed by atoms with E-state index in [-0.39, 0.29) is 16.0 Å². The maximum Gasteiger partial charge on any atom is 0.261 e. The third kappa shape index (κ3) is 8.40. The number of nitrogens with zero attached hydrogens (tertiary/aromatic N) is 2. The smallest absolute Gasteiger partial charge is 0.261 e. The van der Waals surface area contributed by atoms with E-state index in [1.54, 1.807) is 40.7 Å². The van der Waals surface area contributed by atoms with Gasteiger partial charge in [-0.05, 0) is 72.2 Å². The number of sulfonamides is 1. The molecule has 0 spiro atoms. The van der Waals surface area contributed by atoms with Gasteiger partial charge in [0, 0.05) is 36.3 Å². The molecular formula is C35H37BrN4O4S2. The molecule has 0 saturated carbocycles. The molecule has 1 saturated heterocycles. The highest BCUT2D eigenvalue weighted by Gasteiger charge is 2.32. The number of anilines is 1. The molecule has 0 unspecified atom stereocenters. The summed E-state index contributed by atoms with van der Waals surface area (Å²) in [6.07, 6.45) is 1.86. The number of thiocarbonyl (C=S) groups is 1. The highest BCUT2D eigenvalue weighted by Crippen LogP contribution is 2.31. The van der Waals surface area contributed by atoms with Crippen LogP contribution in [0.25, 0.3) is 0 Å². The van der Waals surface area contributed by atoms with Crippen molar-refractivity contribution in [2.24, 2.45) is 0 Å². The number of carbonyl (C=O) groups excluding carboxylic acids is 1. The number of ether oxygens (including phenoxy) is 1. The van der Waals surface area contributed by atoms with Gasteiger partial charge in [0.2, 0.25) is 10.0 Å². The quantitative estimate of drug-likeness (QED) is 0.129. The number of rotatable bonds is 11. The lowest BCUT2D eigenvalue weighted by molar-refractivity contribution is 0.0973. The number of halogens is 1. The highest BCUT2D eigenvalue weighted by molar-refractivity contribution is 9.10. The summed E-state index contributed by atoms with van der Waals surface area (Å²) in [7, 11) is -3.70. The summed E-state index contributed by atoms with van der Waals surface area (Å²) in [6.45, 7) is 4.55. The Labute approximate surface area is 284 Å². The number of carbonyl (C=O) groups is 1. The second-order valence-corrected chi connectivity index (χ2v) is 14.2. The summed E-state index contributed by atoms with van der Waals surface area (Å²) < 4.78 is 35.2. The lowest BCUT2D eigenvalue weighted by atomic mass is 9.96. The van der Waals surface area contributed by atoms with Crippen molar-refractivity contribution in [1.82, 2.24) is 14.5 Å². The normalized spacial score (nSPS) is 14.2. The van der Waals surface area contributed by atoms with Gasteiger partial charge < -0.3 is 10.1 Å². The van der Waals surface area contributed by atoms with E-state index in [2.05, 4.69) is 62.7 Å². The Morgan fingerprint density at radius 3 is 2.09 bits per heavy atom. The molecule has 1 heterocycles. The minimum atomic E-state index is -3.70. The van der Waals surface area contributed by atoms with Crippen LogP contribution in [0.15, 0.2) is 112 Å². The number of benzene rings is 4. The van der Waals surface area contributed by atoms with Crippen LogP contribution in [0.5, 0.6) is 5.75 Å². The number of nitrogens with one attached hydrogen (secondary N) is 2. The third-order valence-corrected chi connectivity index (χ3v) is 10.4. The summed E-state index contributed by atoms with van der Waals surface area (Å²) in [5, 5.41) is 5.74. The number of hydrogen-bond acceptors (Lipinski definition) is 6. The fraction of sp³-hybridized carbons (Fsp3) is 0.257. The maximum atomic E-state index is 13.6. The summed E-state index contributed by atoms with van der Waals surface area (Å²) in [5.41, 5.74) is 3.27. The molecule has 11 heteroatoms. The van der Waals surface area contributed by atoms with Gasteiger partial charge in [0.25, 0.3) is 5.91 Å². The minimum Gasteiger partial charge on any atom is -0.493 e. The molecule has 1 aliphatic heterocycles. The van der Waals surface area contributed by atoms with Gasteiger partial charge in [-0.25, -0.2) is 8.42 Å². The lowest BCUT2D eigenvalue weighted by Gasteiger charge is -2.39. The monoisotopic (exact) mass is 720 g/mol. The first-order valence-corrected chi connectivity index (χ1v) is 17.9. The van der Waals surface area contributed by atoms with Gasteiger partial charge in [0.15, 0.2) is 5.11 Å². The van der Waals surface area contributed by atoms with Crippen molar-refractivity contribution < 1.29 is 17.9 Å². The Bertz CT molecular complexity index is 1690. The first-order valence-electron chi connectivity index (χ1n) is 15.2. The summed E-state index contributed by atoms with van der Waals surface area (Å²) >= 11 is 8.79. The van der Waals surface area contributed by atoms with Crippen LogP contribution in [-0.4, -0.2) is 61.4 Å². The van der Waals surface area contributed by atoms with Gasteiger partial charge in [-0.1, -0.05) is 89.9 Å². The molecule has 1 fully saturated rings. The van der Waals surface area contributed by atoms with Crippen LogP contribution in [0.2, 0.25) is 0 Å². The van der Waals surface area contributed by atoms with E-state index in [0.29, 0.717) is 49.8 Å². The van der Waals surface area contributed by atoms with Crippen LogP contribution < -0.4 is 15.4 Å². The Morgan fingerprint density at radius 2 is 1.50 bits per heavy atom. The minimum absolute atomic E-state index is 0.0468. The van der Waals surface area contributed by atoms with Crippen molar-refractivity contribution in [2.75, 3.05) is 38.1 Å². The van der Waals surface area contributed by atoms with E-state index < -0.39 is 15.9 Å². The zero-order valence-corrected chi connectivity index (χ0v) is 28.8. The number of hydrogen-bond donors (Lipinski definition) is 2. The molecular weight excluding hydrogens is 684 g/mol. The van der Waals surface area contributed by atoms with Crippen molar-refractivity contribution >= 4 is 54.9 Å². The second-order valence-electron chi connectivity index (χ2n) is 10.9. The number of amides is 1. The highest BCUT2D eigenvalue weighted by atomic mass is 79.9. The molecule has 1 amide bonds. The van der Waals surface area contributed by atoms with Gasteiger partial charge in [0.1, 0.15) is 5.75 Å². The zero-order valence-electron chi connectivity index (χ0n) is 25.6. The average Bonchev–Trinajstić information content (AvgIpc) is 3.07. The second kappa shape index (κ2) is 15.8. The van der Waals surface area contributed by atoms with Crippen LogP contribution in [0.1, 0.15) is 47.3 Å². The lowest BCUT2D eigenvalue weighted by Crippen LogP contribution is -2.49. The van der Waals surface area contributed by atoms with Crippen molar-refractivity contribution in [3.8, 4) is 5.75 Å². The van der Waals surface area contributed by atoms with Gasteiger partial charge in [0.05, 0.1) is 23.1 Å². The summed E-state index contributed by atoms with van der Waals surface area (Å²) in [6, 6.07) is 32.3. The molecule has 5 rings (SSSR count). The van der Waals surface area contributed by atoms with Crippen molar-refractivity contribution in [2.45, 2.75) is 30.7 Å². The van der Waals surface area contributed by atoms with E-state index in [4.69, 9.17) is 17.0 Å². The zero-order chi connectivity index (χ0) is 32.5. The predicted octanol–water partition coefficient (Wildman–Crippen LogP) is 6.85. The Hall–Kier alpha value is -3.61. The molecule has 0 radical (unpaired) electrons. The van der Waals surface area contributed by atoms with Crippen LogP contribution in [0.3, 0.4) is 0 Å². The number of unbranched alkanes of at least 4 members (excludes halogenated alkanes) is 1. The van der Waals surface area contributed by atoms with Crippen molar-refractivity contribution in [3.63, 3.8) is 0 Å². The number of piperazine rings is 1. The van der Waals surface area contributed by atoms with Gasteiger partial charge >= 0.3 is 0 Å². The molecule has 4 aromatic rings. The van der Waals surface area contributed by atoms with E-state index in [0.717, 1.165) is 17.3 Å². The molecule has 0 aromatic heterocycles. The molecule has 0 bridgehead atoms. The van der Waals surface area contributed by atoms with Gasteiger partial charge in [-0.15, -0.1) is 0 Å². The van der Waals surface area contributed by atoms with E-state index in [9.17, 15) is 13.2 Å². The Balaban J connectivity index is 1.19. The van der Waals surface area contributed by atoms with E-state index in [1.807, 2.05) is 42.5 Å². The van der Waals surface area contributed by atoms with Crippen LogP contribution in [0.4, 0.5) is 5.69 Å². The first kappa shape index (κ1) is 33.7. The Kier molecular flexibility index (Phi) is 11.6. The molecule has 46 heavy (non-hydrogen) atoms. The molecule has 4 aromatic carbocycles. The van der Waals surface area contributed by atoms with Crippen LogP contribution in [-0.2, 0) is 10.0 Å². The van der Waals surface area contributed by atoms with Gasteiger partial charge in [-0.2, -0.15) is 4.31 Å². The van der Waals surface area contributed by atoms with E-state index in [1.165, 1.54) is 11.1 Å². The average molecular weight is 722 g/mol. The fourth-order valence-corrected chi connectivity index (χ4v) is 7.40. The molecule has 1 aliphatic rings. The fourth-order valence-electron chi connectivity index (χ4n) is 5.41. The predicted molar refractivity (Wildman–Crippen MR) is 190 cm³/mol. The van der Waals surface area contributed by atoms with E-state index >= 15 is 0 Å². The molecule has 240 valence electrons. The summed E-state index contributed by atoms with van der Waals surface area (Å²) in [4.78, 5) is 15.6. The maximum absolute atomic E-state index is 13.6. The standard InChI is InChI=1S/C35H37BrN4O4S2/c1-2-3-24-44-32-19-14-28(36)25-31(32)34(41)38-35(45)37-29-15-17-30(18-16-29)46(42,43)40-22-20-39(21-23-40)33(26-10-6-4-7-11-26)27-12-8-5-9-13-27/h4-19,25,33H,2-3,20-24H2,1H3,(H2,37,38,41,45). The third-order valence-electron chi connectivity index (χ3n) is 7.79. The SMILES string of the molecule is CCCCOc1ccc(Br)cc1C(=O)NC(=S)Nc1ccc(S(=O)(=O)N2CCN(C(c3ccccc3)c3ccccc3)CC2)cc1. The molecule has 8 nitrogen and oxygen atoms in total. The molecule has 2 N–H and O–H groups in total. The van der Waals surface area contributed by atoms with Gasteiger partial charge in [-0.3, -0.25) is 15.0 Å². The van der Waals surface area contributed by atoms with Crippen LogP contribution in [0, 0.1) is 0 Å². The summed E-state index contributed by atoms with van der Waals surface area (Å²) in [5.74, 6) is 0.0633. The molecule has 0 aliphatic carbocycles. The topological polar surface area (TPSA) is 91.0 Å². The molecule has 0 atom stereocenters. The van der Waals surface area contributed by atoms with Crippen molar-refractivity contribution in [1.29, 1.82) is 0 Å². The largest absolute Gasteiger partial charge is 0.493 e. The van der Waals surface area contributed by atoms with Crippen molar-refractivity contribution in [3.05, 3.63) is 124 Å². The Morgan fingerprint density at radius 1 is 0.891 bits per heavy atom. The first-order chi connectivity index (χ1) is 22.3.